The van der Waals surface area contributed by atoms with Gasteiger partial charge in [-0.25, -0.2) is 9.11 Å². The molecule has 11 heteroatoms. The minimum atomic E-state index is -3.80. The van der Waals surface area contributed by atoms with E-state index in [2.05, 4.69) is 4.72 Å². The van der Waals surface area contributed by atoms with Crippen molar-refractivity contribution in [3.63, 3.8) is 0 Å². The molecule has 2 aromatic rings. The fourth-order valence-corrected chi connectivity index (χ4v) is 5.05. The molecule has 0 spiro atoms. The Morgan fingerprint density at radius 3 is 2.46 bits per heavy atom. The summed E-state index contributed by atoms with van der Waals surface area (Å²) in [5.74, 6) is -0.803. The first-order chi connectivity index (χ1) is 16.5. The van der Waals surface area contributed by atoms with Gasteiger partial charge >= 0.3 is 6.55 Å². The highest BCUT2D eigenvalue weighted by atomic mass is 32.2. The quantitative estimate of drug-likeness (QED) is 0.520. The zero-order valence-corrected chi connectivity index (χ0v) is 20.9. The van der Waals surface area contributed by atoms with Crippen molar-refractivity contribution in [3.8, 4) is 0 Å². The maximum absolute atomic E-state index is 13.6. The lowest BCUT2D eigenvalue weighted by Crippen LogP contribution is -2.40. The van der Waals surface area contributed by atoms with Gasteiger partial charge in [0.05, 0.1) is 12.7 Å². The first kappa shape index (κ1) is 27.4. The molecule has 194 valence electrons. The topological polar surface area (TPSA) is 80.6 Å². The summed E-state index contributed by atoms with van der Waals surface area (Å²) in [4.78, 5) is 12.8. The third kappa shape index (κ3) is 7.16. The predicted octanol–water partition coefficient (Wildman–Crippen LogP) is 3.91. The number of hydrogen-bond acceptors (Lipinski definition) is 4. The first-order valence-corrected chi connectivity index (χ1v) is 13.0. The summed E-state index contributed by atoms with van der Waals surface area (Å²) in [6.45, 7) is -1.61. The molecular formula is C24H32F3N3O4S. The molecule has 1 aromatic carbocycles. The lowest BCUT2D eigenvalue weighted by molar-refractivity contribution is 0.0164. The molecule has 0 bridgehead atoms. The Bertz CT molecular complexity index is 1160. The van der Waals surface area contributed by atoms with Gasteiger partial charge < -0.3 is 4.74 Å². The number of rotatable bonds is 10. The molecule has 1 fully saturated rings. The fraction of sp³-hybridized carbons (Fsp3) is 0.542. The van der Waals surface area contributed by atoms with Gasteiger partial charge in [0.15, 0.2) is 0 Å². The Morgan fingerprint density at radius 2 is 1.86 bits per heavy atom. The molecule has 0 amide bonds. The van der Waals surface area contributed by atoms with Crippen molar-refractivity contribution in [3.05, 3.63) is 69.4 Å². The molecule has 0 saturated heterocycles. The highest BCUT2D eigenvalue weighted by Gasteiger charge is 2.27. The van der Waals surface area contributed by atoms with E-state index in [-0.39, 0.29) is 36.6 Å². The summed E-state index contributed by atoms with van der Waals surface area (Å²) in [7, 11) is -1.07. The Hall–Kier alpha value is -2.21. The van der Waals surface area contributed by atoms with Crippen LogP contribution in [0.15, 0.2) is 41.3 Å². The van der Waals surface area contributed by atoms with E-state index in [1.807, 2.05) is 6.07 Å². The average Bonchev–Trinajstić information content (AvgIpc) is 2.80. The van der Waals surface area contributed by atoms with Crippen LogP contribution in [0.2, 0.25) is 0 Å². The van der Waals surface area contributed by atoms with E-state index in [1.165, 1.54) is 26.2 Å². The summed E-state index contributed by atoms with van der Waals surface area (Å²) in [6.07, 6.45) is 3.98. The minimum Gasteiger partial charge on any atom is -0.378 e. The van der Waals surface area contributed by atoms with Gasteiger partial charge in [-0.15, -0.1) is 0 Å². The lowest BCUT2D eigenvalue weighted by Gasteiger charge is -2.30. The minimum absolute atomic E-state index is 0.00677. The van der Waals surface area contributed by atoms with E-state index in [0.717, 1.165) is 28.9 Å². The number of nitrogens with one attached hydrogen (secondary N) is 1. The summed E-state index contributed by atoms with van der Waals surface area (Å²) < 4.78 is 74.7. The lowest BCUT2D eigenvalue weighted by atomic mass is 9.82. The van der Waals surface area contributed by atoms with Crippen molar-refractivity contribution >= 4 is 10.2 Å². The Morgan fingerprint density at radius 1 is 1.17 bits per heavy atom. The van der Waals surface area contributed by atoms with Crippen molar-refractivity contribution in [2.24, 2.45) is 0 Å². The number of aromatic nitrogens is 1. The molecule has 1 saturated carbocycles. The molecule has 0 aliphatic heterocycles. The zero-order chi connectivity index (χ0) is 25.8. The second-order valence-corrected chi connectivity index (χ2v) is 11.1. The average molecular weight is 516 g/mol. The second kappa shape index (κ2) is 11.7. The standard InChI is InChI=1S/C24H32F3N3O4S/c1-16-11-22(23(31)30(14-16)24(26)27)19(13-28-35(32,33)29(2)3)15-34-21-9-7-17(8-10-21)18-5-4-6-20(25)12-18/h4-6,11-12,14,17,19,21,24,28H,7-10,13,15H2,1-3H3/t17?,19-,21?/m1/s1. The third-order valence-corrected chi connectivity index (χ3v) is 7.87. The number of nitrogens with zero attached hydrogens (tertiary/aromatic N) is 2. The van der Waals surface area contributed by atoms with E-state index in [4.69, 9.17) is 4.74 Å². The van der Waals surface area contributed by atoms with Gasteiger partial charge in [0, 0.05) is 38.3 Å². The molecule has 1 N–H and O–H groups in total. The van der Waals surface area contributed by atoms with Gasteiger partial charge in [-0.2, -0.15) is 21.5 Å². The number of halogens is 3. The molecular weight excluding hydrogens is 483 g/mol. The van der Waals surface area contributed by atoms with Crippen LogP contribution in [0.25, 0.3) is 0 Å². The summed E-state index contributed by atoms with van der Waals surface area (Å²) >= 11 is 0. The van der Waals surface area contributed by atoms with Crippen molar-refractivity contribution in [2.75, 3.05) is 27.2 Å². The highest BCUT2D eigenvalue weighted by Crippen LogP contribution is 2.34. The number of pyridine rings is 1. The highest BCUT2D eigenvalue weighted by molar-refractivity contribution is 7.87. The van der Waals surface area contributed by atoms with Gasteiger partial charge in [-0.1, -0.05) is 12.1 Å². The van der Waals surface area contributed by atoms with E-state index in [9.17, 15) is 26.4 Å². The molecule has 7 nitrogen and oxygen atoms in total. The largest absolute Gasteiger partial charge is 0.378 e. The van der Waals surface area contributed by atoms with Gasteiger partial charge in [0.2, 0.25) is 0 Å². The molecule has 3 rings (SSSR count). The maximum atomic E-state index is 13.6. The summed E-state index contributed by atoms with van der Waals surface area (Å²) in [6, 6.07) is 8.06. The summed E-state index contributed by atoms with van der Waals surface area (Å²) in [5.41, 5.74) is 0.598. The Labute approximate surface area is 204 Å². The van der Waals surface area contributed by atoms with E-state index >= 15 is 0 Å². The van der Waals surface area contributed by atoms with Gasteiger partial charge in [-0.3, -0.25) is 9.36 Å². The predicted molar refractivity (Wildman–Crippen MR) is 127 cm³/mol. The molecule has 1 heterocycles. The number of aryl methyl sites for hydroxylation is 1. The zero-order valence-electron chi connectivity index (χ0n) is 20.1. The van der Waals surface area contributed by atoms with Crippen LogP contribution >= 0.6 is 0 Å². The number of hydrogen-bond donors (Lipinski definition) is 1. The van der Waals surface area contributed by atoms with E-state index < -0.39 is 28.2 Å². The van der Waals surface area contributed by atoms with Crippen LogP contribution in [0.5, 0.6) is 0 Å². The van der Waals surface area contributed by atoms with Crippen molar-refractivity contribution < 1.29 is 26.3 Å². The van der Waals surface area contributed by atoms with Crippen LogP contribution in [0.1, 0.15) is 60.8 Å². The summed E-state index contributed by atoms with van der Waals surface area (Å²) in [5, 5.41) is 0. The first-order valence-electron chi connectivity index (χ1n) is 11.5. The second-order valence-electron chi connectivity index (χ2n) is 9.16. The molecule has 1 aliphatic rings. The maximum Gasteiger partial charge on any atom is 0.321 e. The van der Waals surface area contributed by atoms with Gasteiger partial charge in [0.1, 0.15) is 5.82 Å². The van der Waals surface area contributed by atoms with E-state index in [1.54, 1.807) is 19.1 Å². The molecule has 1 atom stereocenters. The molecule has 0 unspecified atom stereocenters. The molecule has 0 radical (unpaired) electrons. The van der Waals surface area contributed by atoms with Crippen LogP contribution in [0.4, 0.5) is 13.2 Å². The van der Waals surface area contributed by atoms with Crippen LogP contribution in [-0.4, -0.2) is 50.6 Å². The number of alkyl halides is 2. The Balaban J connectivity index is 1.73. The number of ether oxygens (including phenoxy) is 1. The molecule has 35 heavy (non-hydrogen) atoms. The molecule has 1 aliphatic carbocycles. The van der Waals surface area contributed by atoms with E-state index in [0.29, 0.717) is 23.0 Å². The SMILES string of the molecule is Cc1cc([C@H](CNS(=O)(=O)N(C)C)COC2CCC(c3cccc(F)c3)CC2)c(=O)n(C(F)F)c1. The van der Waals surface area contributed by atoms with Gasteiger partial charge in [0.25, 0.3) is 15.8 Å². The smallest absolute Gasteiger partial charge is 0.321 e. The van der Waals surface area contributed by atoms with Crippen molar-refractivity contribution in [1.82, 2.24) is 13.6 Å². The Kier molecular flexibility index (Phi) is 9.14. The van der Waals surface area contributed by atoms with Crippen LogP contribution in [0.3, 0.4) is 0 Å². The fourth-order valence-electron chi connectivity index (χ4n) is 4.38. The van der Waals surface area contributed by atoms with Crippen LogP contribution < -0.4 is 10.3 Å². The van der Waals surface area contributed by atoms with Crippen LogP contribution in [0, 0.1) is 12.7 Å². The van der Waals surface area contributed by atoms with Crippen LogP contribution in [-0.2, 0) is 14.9 Å². The molecule has 1 aromatic heterocycles. The normalized spacial score (nSPS) is 19.9. The van der Waals surface area contributed by atoms with Crippen molar-refractivity contribution in [2.45, 2.75) is 57.1 Å². The number of benzene rings is 1. The third-order valence-electron chi connectivity index (χ3n) is 6.38. The van der Waals surface area contributed by atoms with Crippen molar-refractivity contribution in [1.29, 1.82) is 0 Å². The van der Waals surface area contributed by atoms with Gasteiger partial charge in [-0.05, 0) is 67.9 Å². The monoisotopic (exact) mass is 515 g/mol.